The number of hydrogen-bond acceptors (Lipinski definition) is 2. The Balaban J connectivity index is 2.71. The van der Waals surface area contributed by atoms with Crippen LogP contribution in [0.15, 0.2) is 24.4 Å². The zero-order valence-corrected chi connectivity index (χ0v) is 10.6. The maximum absolute atomic E-state index is 11.1. The summed E-state index contributed by atoms with van der Waals surface area (Å²) in [4.78, 5) is 11.1. The summed E-state index contributed by atoms with van der Waals surface area (Å²) in [6.07, 6.45) is 1.89. The van der Waals surface area contributed by atoms with Gasteiger partial charge in [-0.15, -0.1) is 0 Å². The highest BCUT2D eigenvalue weighted by Crippen LogP contribution is 2.28. The fourth-order valence-corrected chi connectivity index (χ4v) is 2.24. The lowest BCUT2D eigenvalue weighted by Crippen LogP contribution is -2.05. The summed E-state index contributed by atoms with van der Waals surface area (Å²) in [6, 6.07) is 5.30. The van der Waals surface area contributed by atoms with E-state index < -0.39 is 5.97 Å². The predicted octanol–water partition coefficient (Wildman–Crippen LogP) is 2.46. The molecule has 2 rings (SSSR count). The van der Waals surface area contributed by atoms with E-state index in [0.29, 0.717) is 12.1 Å². The van der Waals surface area contributed by atoms with Gasteiger partial charge in [0.1, 0.15) is 0 Å². The van der Waals surface area contributed by atoms with Crippen LogP contribution in [0.4, 0.5) is 0 Å². The average Bonchev–Trinajstić information content (AvgIpc) is 2.71. The van der Waals surface area contributed by atoms with Gasteiger partial charge in [-0.3, -0.25) is 0 Å². The van der Waals surface area contributed by atoms with Crippen LogP contribution in [0.1, 0.15) is 35.7 Å². The van der Waals surface area contributed by atoms with Crippen LogP contribution in [-0.2, 0) is 6.54 Å². The van der Waals surface area contributed by atoms with Crippen LogP contribution >= 0.6 is 0 Å². The van der Waals surface area contributed by atoms with Crippen molar-refractivity contribution in [2.45, 2.75) is 26.3 Å². The molecule has 0 amide bonds. The molecule has 0 aliphatic carbocycles. The van der Waals surface area contributed by atoms with Crippen molar-refractivity contribution >= 4 is 16.9 Å². The van der Waals surface area contributed by atoms with Crippen LogP contribution in [0.3, 0.4) is 0 Å². The number of aliphatic hydroxyl groups is 1. The average molecular weight is 247 g/mol. The summed E-state index contributed by atoms with van der Waals surface area (Å²) in [6.45, 7) is 4.67. The molecule has 2 N–H and O–H groups in total. The third-order valence-electron chi connectivity index (χ3n) is 3.10. The highest BCUT2D eigenvalue weighted by Gasteiger charge is 2.14. The summed E-state index contributed by atoms with van der Waals surface area (Å²) >= 11 is 0. The lowest BCUT2D eigenvalue weighted by molar-refractivity contribution is 0.0697. The van der Waals surface area contributed by atoms with Crippen LogP contribution in [0.5, 0.6) is 0 Å². The van der Waals surface area contributed by atoms with Crippen LogP contribution < -0.4 is 0 Å². The highest BCUT2D eigenvalue weighted by molar-refractivity contribution is 5.95. The second-order valence-corrected chi connectivity index (χ2v) is 4.70. The molecular formula is C14H17NO3. The molecule has 0 unspecified atom stereocenters. The Morgan fingerprint density at radius 2 is 2.11 bits per heavy atom. The maximum atomic E-state index is 11.1. The van der Waals surface area contributed by atoms with Gasteiger partial charge in [0.2, 0.25) is 0 Å². The van der Waals surface area contributed by atoms with Crippen molar-refractivity contribution < 1.29 is 15.0 Å². The van der Waals surface area contributed by atoms with E-state index in [-0.39, 0.29) is 12.5 Å². The molecule has 0 saturated heterocycles. The molecule has 0 spiro atoms. The molecule has 1 heterocycles. The minimum Gasteiger partial charge on any atom is -0.478 e. The maximum Gasteiger partial charge on any atom is 0.335 e. The Bertz CT molecular complexity index is 584. The normalized spacial score (nSPS) is 11.3. The van der Waals surface area contributed by atoms with Crippen LogP contribution in [0.2, 0.25) is 0 Å². The standard InChI is InChI=1S/C14H17NO3/c1-9(2)12-8-11(14(17)18)7-10-3-4-15(5-6-16)13(10)12/h3-4,7-9,16H,5-6H2,1-2H3,(H,17,18). The summed E-state index contributed by atoms with van der Waals surface area (Å²) in [5.41, 5.74) is 2.33. The summed E-state index contributed by atoms with van der Waals surface area (Å²) in [5.74, 6) is -0.673. The molecule has 1 aromatic heterocycles. The fourth-order valence-electron chi connectivity index (χ4n) is 2.24. The first-order valence-electron chi connectivity index (χ1n) is 6.01. The molecule has 0 fully saturated rings. The molecule has 0 atom stereocenters. The summed E-state index contributed by atoms with van der Waals surface area (Å²) < 4.78 is 1.97. The molecule has 2 aromatic rings. The number of carboxylic acids is 1. The van der Waals surface area contributed by atoms with Crippen molar-refractivity contribution in [3.63, 3.8) is 0 Å². The van der Waals surface area contributed by atoms with Gasteiger partial charge in [0.15, 0.2) is 0 Å². The van der Waals surface area contributed by atoms with Crippen molar-refractivity contribution in [1.82, 2.24) is 4.57 Å². The van der Waals surface area contributed by atoms with E-state index in [2.05, 4.69) is 0 Å². The third-order valence-corrected chi connectivity index (χ3v) is 3.10. The number of carbonyl (C=O) groups is 1. The first kappa shape index (κ1) is 12.6. The van der Waals surface area contributed by atoms with Crippen LogP contribution in [0.25, 0.3) is 10.9 Å². The number of fused-ring (bicyclic) bond motifs is 1. The Morgan fingerprint density at radius 1 is 1.39 bits per heavy atom. The molecule has 0 bridgehead atoms. The number of aromatic carboxylic acids is 1. The number of benzene rings is 1. The van der Waals surface area contributed by atoms with Gasteiger partial charge in [-0.1, -0.05) is 13.8 Å². The monoisotopic (exact) mass is 247 g/mol. The van der Waals surface area contributed by atoms with Gasteiger partial charge in [0, 0.05) is 18.1 Å². The topological polar surface area (TPSA) is 62.5 Å². The van der Waals surface area contributed by atoms with E-state index in [1.54, 1.807) is 12.1 Å². The third kappa shape index (κ3) is 2.11. The second-order valence-electron chi connectivity index (χ2n) is 4.70. The molecule has 0 radical (unpaired) electrons. The smallest absolute Gasteiger partial charge is 0.335 e. The zero-order chi connectivity index (χ0) is 13.3. The van der Waals surface area contributed by atoms with E-state index >= 15 is 0 Å². The SMILES string of the molecule is CC(C)c1cc(C(=O)O)cc2ccn(CCO)c12. The number of aromatic nitrogens is 1. The van der Waals surface area contributed by atoms with Crippen molar-refractivity contribution in [2.24, 2.45) is 0 Å². The van der Waals surface area contributed by atoms with Gasteiger partial charge in [-0.25, -0.2) is 4.79 Å². The summed E-state index contributed by atoms with van der Waals surface area (Å²) in [5, 5.41) is 19.1. The molecule has 96 valence electrons. The van der Waals surface area contributed by atoms with Crippen LogP contribution in [-0.4, -0.2) is 27.4 Å². The number of nitrogens with zero attached hydrogens (tertiary/aromatic N) is 1. The van der Waals surface area contributed by atoms with Crippen molar-refractivity contribution in [3.05, 3.63) is 35.5 Å². The van der Waals surface area contributed by atoms with Gasteiger partial charge in [0.05, 0.1) is 17.7 Å². The number of aliphatic hydroxyl groups excluding tert-OH is 1. The van der Waals surface area contributed by atoms with Crippen molar-refractivity contribution in [3.8, 4) is 0 Å². The lowest BCUT2D eigenvalue weighted by Gasteiger charge is -2.12. The molecule has 4 heteroatoms. The molecule has 0 aliphatic rings. The first-order valence-corrected chi connectivity index (χ1v) is 6.01. The van der Waals surface area contributed by atoms with E-state index in [9.17, 15) is 4.79 Å². The van der Waals surface area contributed by atoms with Crippen molar-refractivity contribution in [2.75, 3.05) is 6.61 Å². The molecule has 18 heavy (non-hydrogen) atoms. The molecule has 1 aromatic carbocycles. The number of rotatable bonds is 4. The number of carboxylic acid groups (broad SMARTS) is 1. The van der Waals surface area contributed by atoms with E-state index in [4.69, 9.17) is 10.2 Å². The highest BCUT2D eigenvalue weighted by atomic mass is 16.4. The molecule has 0 saturated carbocycles. The minimum atomic E-state index is -0.909. The van der Waals surface area contributed by atoms with E-state index in [1.165, 1.54) is 0 Å². The Labute approximate surface area is 105 Å². The van der Waals surface area contributed by atoms with Gasteiger partial charge in [0.25, 0.3) is 0 Å². The fraction of sp³-hybridized carbons (Fsp3) is 0.357. The summed E-state index contributed by atoms with van der Waals surface area (Å²) in [7, 11) is 0. The van der Waals surface area contributed by atoms with Gasteiger partial charge in [-0.05, 0) is 29.7 Å². The van der Waals surface area contributed by atoms with E-state index in [0.717, 1.165) is 16.5 Å². The van der Waals surface area contributed by atoms with Crippen LogP contribution in [0, 0.1) is 0 Å². The van der Waals surface area contributed by atoms with Crippen molar-refractivity contribution in [1.29, 1.82) is 0 Å². The largest absolute Gasteiger partial charge is 0.478 e. The van der Waals surface area contributed by atoms with Gasteiger partial charge in [-0.2, -0.15) is 0 Å². The Morgan fingerprint density at radius 3 is 2.67 bits per heavy atom. The second kappa shape index (κ2) is 4.82. The van der Waals surface area contributed by atoms with E-state index in [1.807, 2.05) is 30.7 Å². The Kier molecular flexibility index (Phi) is 3.39. The molecule has 0 aliphatic heterocycles. The zero-order valence-electron chi connectivity index (χ0n) is 10.6. The number of hydrogen-bond donors (Lipinski definition) is 2. The quantitative estimate of drug-likeness (QED) is 0.872. The molecule has 4 nitrogen and oxygen atoms in total. The van der Waals surface area contributed by atoms with Gasteiger partial charge >= 0.3 is 5.97 Å². The predicted molar refractivity (Wildman–Crippen MR) is 70.1 cm³/mol. The minimum absolute atomic E-state index is 0.0714. The lowest BCUT2D eigenvalue weighted by atomic mass is 9.97. The first-order chi connectivity index (χ1) is 8.54. The van der Waals surface area contributed by atoms with Gasteiger partial charge < -0.3 is 14.8 Å². The Hall–Kier alpha value is -1.81. The molecular weight excluding hydrogens is 230 g/mol.